The summed E-state index contributed by atoms with van der Waals surface area (Å²) in [6.45, 7) is 5.88. The summed E-state index contributed by atoms with van der Waals surface area (Å²) in [5, 5.41) is 5.72. The number of amides is 1. The molecule has 1 aliphatic rings. The maximum Gasteiger partial charge on any atom is 0.269 e. The summed E-state index contributed by atoms with van der Waals surface area (Å²) in [4.78, 5) is 23.0. The molecule has 2 heterocycles. The lowest BCUT2D eigenvalue weighted by Crippen LogP contribution is -2.22. The van der Waals surface area contributed by atoms with E-state index in [4.69, 9.17) is 9.47 Å². The molecule has 0 aliphatic carbocycles. The van der Waals surface area contributed by atoms with E-state index in [0.717, 1.165) is 18.7 Å². The van der Waals surface area contributed by atoms with Gasteiger partial charge in [-0.2, -0.15) is 0 Å². The summed E-state index contributed by atoms with van der Waals surface area (Å²) in [5.74, 6) is 1.44. The van der Waals surface area contributed by atoms with Crippen LogP contribution in [0.3, 0.4) is 0 Å². The lowest BCUT2D eigenvalue weighted by Gasteiger charge is -2.16. The highest BCUT2D eigenvalue weighted by molar-refractivity contribution is 5.92. The summed E-state index contributed by atoms with van der Waals surface area (Å²) in [6.07, 6.45) is 3.56. The molecule has 1 aromatic heterocycles. The molecule has 29 heavy (non-hydrogen) atoms. The van der Waals surface area contributed by atoms with Gasteiger partial charge >= 0.3 is 0 Å². The van der Waals surface area contributed by atoms with Gasteiger partial charge in [0.15, 0.2) is 11.5 Å². The van der Waals surface area contributed by atoms with E-state index in [1.54, 1.807) is 20.2 Å². The average Bonchev–Trinajstić information content (AvgIpc) is 3.24. The number of nitrogens with zero attached hydrogens (tertiary/aromatic N) is 3. The molecule has 0 saturated carbocycles. The number of carbonyl (C=O) groups excluding carboxylic acids is 1. The van der Waals surface area contributed by atoms with E-state index in [1.807, 2.05) is 25.1 Å². The molecule has 8 nitrogen and oxygen atoms in total. The number of hydrogen-bond acceptors (Lipinski definition) is 7. The first-order chi connectivity index (χ1) is 14.1. The Hall–Kier alpha value is -2.87. The second-order valence-corrected chi connectivity index (χ2v) is 7.04. The SMILES string of the molecule is CNC(=O)c1cc(C)nc(Nc2ccc(OC)c(OCCCN3CCCC3)c2)n1. The zero-order valence-corrected chi connectivity index (χ0v) is 17.3. The van der Waals surface area contributed by atoms with Gasteiger partial charge in [-0.1, -0.05) is 0 Å². The van der Waals surface area contributed by atoms with E-state index in [1.165, 1.54) is 25.9 Å². The third-order valence-electron chi connectivity index (χ3n) is 4.81. The molecule has 1 aliphatic heterocycles. The van der Waals surface area contributed by atoms with E-state index in [9.17, 15) is 4.79 Å². The number of ether oxygens (including phenoxy) is 2. The molecule has 2 N–H and O–H groups in total. The van der Waals surface area contributed by atoms with E-state index in [2.05, 4.69) is 25.5 Å². The molecule has 1 saturated heterocycles. The van der Waals surface area contributed by atoms with Gasteiger partial charge in [0, 0.05) is 31.0 Å². The average molecular weight is 399 g/mol. The minimum absolute atomic E-state index is 0.254. The van der Waals surface area contributed by atoms with E-state index in [-0.39, 0.29) is 5.91 Å². The molecule has 3 rings (SSSR count). The first-order valence-corrected chi connectivity index (χ1v) is 9.97. The molecule has 0 unspecified atom stereocenters. The maximum atomic E-state index is 11.9. The first kappa shape index (κ1) is 20.9. The number of rotatable bonds is 9. The van der Waals surface area contributed by atoms with Gasteiger partial charge in [-0.15, -0.1) is 0 Å². The van der Waals surface area contributed by atoms with Crippen LogP contribution in [0.15, 0.2) is 24.3 Å². The summed E-state index contributed by atoms with van der Waals surface area (Å²) in [5.41, 5.74) is 1.77. The van der Waals surface area contributed by atoms with Crippen molar-refractivity contribution < 1.29 is 14.3 Å². The van der Waals surface area contributed by atoms with Crippen LogP contribution in [0, 0.1) is 6.92 Å². The highest BCUT2D eigenvalue weighted by Crippen LogP contribution is 2.31. The van der Waals surface area contributed by atoms with Crippen LogP contribution in [0.2, 0.25) is 0 Å². The number of hydrogen-bond donors (Lipinski definition) is 2. The predicted octanol–water partition coefficient (Wildman–Crippen LogP) is 2.76. The standard InChI is InChI=1S/C21H29N5O3/c1-15-13-17(20(27)22-2)25-21(23-15)24-16-7-8-18(28-3)19(14-16)29-12-6-11-26-9-4-5-10-26/h7-8,13-14H,4-6,9-12H2,1-3H3,(H,22,27)(H,23,24,25). The molecule has 8 heteroatoms. The van der Waals surface area contributed by atoms with Gasteiger partial charge in [0.2, 0.25) is 5.95 Å². The molecule has 1 amide bonds. The lowest BCUT2D eigenvalue weighted by atomic mass is 10.2. The zero-order valence-electron chi connectivity index (χ0n) is 17.3. The Labute approximate surface area is 171 Å². The third-order valence-corrected chi connectivity index (χ3v) is 4.81. The number of carbonyl (C=O) groups is 1. The number of likely N-dealkylation sites (tertiary alicyclic amines) is 1. The molecule has 0 spiro atoms. The molecule has 0 atom stereocenters. The Morgan fingerprint density at radius 1 is 1.17 bits per heavy atom. The van der Waals surface area contributed by atoms with Gasteiger partial charge in [-0.05, 0) is 57.5 Å². The van der Waals surface area contributed by atoms with Gasteiger partial charge in [-0.25, -0.2) is 9.97 Å². The van der Waals surface area contributed by atoms with Crippen LogP contribution in [-0.2, 0) is 0 Å². The summed E-state index contributed by atoms with van der Waals surface area (Å²) in [6, 6.07) is 7.21. The third kappa shape index (κ3) is 5.80. The molecule has 0 radical (unpaired) electrons. The highest BCUT2D eigenvalue weighted by atomic mass is 16.5. The molecule has 2 aromatic rings. The van der Waals surface area contributed by atoms with Crippen LogP contribution in [0.1, 0.15) is 35.4 Å². The van der Waals surface area contributed by atoms with E-state index >= 15 is 0 Å². The van der Waals surface area contributed by atoms with Crippen molar-refractivity contribution in [2.45, 2.75) is 26.2 Å². The number of nitrogens with one attached hydrogen (secondary N) is 2. The summed E-state index contributed by atoms with van der Waals surface area (Å²) < 4.78 is 11.4. The van der Waals surface area contributed by atoms with Crippen molar-refractivity contribution in [2.24, 2.45) is 0 Å². The Kier molecular flexibility index (Phi) is 7.24. The van der Waals surface area contributed by atoms with Gasteiger partial charge in [0.25, 0.3) is 5.91 Å². The van der Waals surface area contributed by atoms with Crippen LogP contribution >= 0.6 is 0 Å². The van der Waals surface area contributed by atoms with Crippen molar-refractivity contribution in [3.05, 3.63) is 35.7 Å². The van der Waals surface area contributed by atoms with Crippen molar-refractivity contribution in [3.8, 4) is 11.5 Å². The van der Waals surface area contributed by atoms with Gasteiger partial charge in [-0.3, -0.25) is 4.79 Å². The van der Waals surface area contributed by atoms with Crippen molar-refractivity contribution in [1.82, 2.24) is 20.2 Å². The Morgan fingerprint density at radius 3 is 2.69 bits per heavy atom. The number of anilines is 2. The number of benzene rings is 1. The molecule has 156 valence electrons. The Bertz CT molecular complexity index is 837. The minimum Gasteiger partial charge on any atom is -0.493 e. The fourth-order valence-corrected chi connectivity index (χ4v) is 3.34. The highest BCUT2D eigenvalue weighted by Gasteiger charge is 2.13. The topological polar surface area (TPSA) is 88.6 Å². The molecule has 1 fully saturated rings. The zero-order chi connectivity index (χ0) is 20.6. The lowest BCUT2D eigenvalue weighted by molar-refractivity contribution is 0.0958. The van der Waals surface area contributed by atoms with Gasteiger partial charge in [0.1, 0.15) is 5.69 Å². The number of aryl methyl sites for hydroxylation is 1. The minimum atomic E-state index is -0.254. The number of aromatic nitrogens is 2. The summed E-state index contributed by atoms with van der Waals surface area (Å²) >= 11 is 0. The maximum absolute atomic E-state index is 11.9. The van der Waals surface area contributed by atoms with Crippen LogP contribution in [0.25, 0.3) is 0 Å². The monoisotopic (exact) mass is 399 g/mol. The fourth-order valence-electron chi connectivity index (χ4n) is 3.34. The second kappa shape index (κ2) is 10.1. The predicted molar refractivity (Wildman–Crippen MR) is 112 cm³/mol. The molecule has 1 aromatic carbocycles. The molecular formula is C21H29N5O3. The molecule has 0 bridgehead atoms. The van der Waals surface area contributed by atoms with Crippen molar-refractivity contribution >= 4 is 17.5 Å². The van der Waals surface area contributed by atoms with Crippen LogP contribution in [-0.4, -0.2) is 61.2 Å². The fraction of sp³-hybridized carbons (Fsp3) is 0.476. The van der Waals surface area contributed by atoms with Crippen LogP contribution < -0.4 is 20.1 Å². The smallest absolute Gasteiger partial charge is 0.269 e. The quantitative estimate of drug-likeness (QED) is 0.627. The first-order valence-electron chi connectivity index (χ1n) is 9.97. The van der Waals surface area contributed by atoms with Crippen molar-refractivity contribution in [3.63, 3.8) is 0 Å². The normalized spacial score (nSPS) is 13.9. The summed E-state index contributed by atoms with van der Waals surface area (Å²) in [7, 11) is 3.20. The van der Waals surface area contributed by atoms with Crippen molar-refractivity contribution in [1.29, 1.82) is 0 Å². The van der Waals surface area contributed by atoms with Gasteiger partial charge < -0.3 is 25.0 Å². The Balaban J connectivity index is 1.66. The van der Waals surface area contributed by atoms with Crippen molar-refractivity contribution in [2.75, 3.05) is 45.7 Å². The van der Waals surface area contributed by atoms with Crippen LogP contribution in [0.5, 0.6) is 11.5 Å². The number of methoxy groups -OCH3 is 1. The van der Waals surface area contributed by atoms with E-state index < -0.39 is 0 Å². The molecular weight excluding hydrogens is 370 g/mol. The van der Waals surface area contributed by atoms with E-state index in [0.29, 0.717) is 35.4 Å². The van der Waals surface area contributed by atoms with Gasteiger partial charge in [0.05, 0.1) is 13.7 Å². The largest absolute Gasteiger partial charge is 0.493 e. The second-order valence-electron chi connectivity index (χ2n) is 7.04. The van der Waals surface area contributed by atoms with Crippen LogP contribution in [0.4, 0.5) is 11.6 Å². The Morgan fingerprint density at radius 2 is 1.97 bits per heavy atom.